The van der Waals surface area contributed by atoms with Crippen LogP contribution in [-0.4, -0.2) is 94.4 Å². The molecule has 0 atom stereocenters. The first-order valence-corrected chi connectivity index (χ1v) is 18.5. The van der Waals surface area contributed by atoms with Crippen molar-refractivity contribution in [1.29, 1.82) is 0 Å². The van der Waals surface area contributed by atoms with E-state index in [0.29, 0.717) is 0 Å². The maximum Gasteiger partial charge on any atom is 0.190 e. The van der Waals surface area contributed by atoms with Crippen molar-refractivity contribution < 1.29 is 84.8 Å². The van der Waals surface area contributed by atoms with Crippen molar-refractivity contribution in [3.63, 3.8) is 0 Å². The van der Waals surface area contributed by atoms with Crippen LogP contribution in [0.4, 0.5) is 0 Å². The van der Waals surface area contributed by atoms with E-state index in [1.54, 1.807) is 55.4 Å². The van der Waals surface area contributed by atoms with Crippen LogP contribution in [0, 0.1) is 21.7 Å². The molecule has 0 aliphatic heterocycles. The fourth-order valence-corrected chi connectivity index (χ4v) is 2.46. The molecule has 0 aromatic rings. The number of ketones is 4. The second kappa shape index (κ2) is 24.6. The van der Waals surface area contributed by atoms with Gasteiger partial charge in [-0.25, -0.2) is 0 Å². The number of carbonyl (C=O) groups is 4. The molecule has 0 unspecified atom stereocenters. The SMILES string of the molecule is COC(C)(C)C(=O)C=C(O)C(C)(C)C.COC(C)(C)C(=O)C=C(O)C(C)(C)C.COC(C)(C)C(=O)C=C(O)C(C)(C)C.COC(C)(C)C(=O)C=C(O)C(C)(C)C.[Zr]. The van der Waals surface area contributed by atoms with Gasteiger partial charge in [0.25, 0.3) is 0 Å². The van der Waals surface area contributed by atoms with Gasteiger partial charge in [-0.1, -0.05) is 83.1 Å². The van der Waals surface area contributed by atoms with Gasteiger partial charge in [-0.05, 0) is 55.4 Å². The number of methoxy groups -OCH3 is 4. The van der Waals surface area contributed by atoms with Crippen LogP contribution in [0.1, 0.15) is 138 Å². The molecule has 0 fully saturated rings. The number of ether oxygens (including phenoxy) is 4. The number of carbonyl (C=O) groups excluding carboxylic acids is 4. The molecule has 0 aliphatic carbocycles. The average molecular weight is 892 g/mol. The first-order chi connectivity index (χ1) is 24.4. The summed E-state index contributed by atoms with van der Waals surface area (Å²) in [4.78, 5) is 46.4. The summed E-state index contributed by atoms with van der Waals surface area (Å²) < 4.78 is 20.0. The van der Waals surface area contributed by atoms with Crippen molar-refractivity contribution in [2.45, 2.75) is 161 Å². The summed E-state index contributed by atoms with van der Waals surface area (Å²) in [5, 5.41) is 38.4. The van der Waals surface area contributed by atoms with Crippen molar-refractivity contribution >= 4 is 23.1 Å². The van der Waals surface area contributed by atoms with Gasteiger partial charge in [0, 0.05) is 101 Å². The predicted octanol–water partition coefficient (Wildman–Crippen LogP) is 9.87. The minimum atomic E-state index is -0.876. The van der Waals surface area contributed by atoms with Crippen LogP contribution in [0.5, 0.6) is 0 Å². The Kier molecular flexibility index (Phi) is 27.5. The third kappa shape index (κ3) is 26.3. The van der Waals surface area contributed by atoms with E-state index in [1.807, 2.05) is 83.1 Å². The second-order valence-electron chi connectivity index (χ2n) is 19.4. The van der Waals surface area contributed by atoms with Gasteiger partial charge in [-0.2, -0.15) is 0 Å². The van der Waals surface area contributed by atoms with E-state index >= 15 is 0 Å². The maximum atomic E-state index is 11.6. The number of allylic oxidation sites excluding steroid dienone is 4. The van der Waals surface area contributed by atoms with Crippen molar-refractivity contribution in [3.05, 3.63) is 47.3 Å². The molecule has 0 spiro atoms. The van der Waals surface area contributed by atoms with Crippen molar-refractivity contribution in [2.75, 3.05) is 28.4 Å². The molecule has 0 aliphatic rings. The van der Waals surface area contributed by atoms with Crippen molar-refractivity contribution in [1.82, 2.24) is 0 Å². The van der Waals surface area contributed by atoms with Crippen molar-refractivity contribution in [3.8, 4) is 0 Å². The molecular weight excluding hydrogens is 812 g/mol. The Labute approximate surface area is 364 Å². The number of aliphatic hydroxyl groups excluding tert-OH is 4. The van der Waals surface area contributed by atoms with E-state index in [4.69, 9.17) is 18.9 Å². The Morgan fingerprint density at radius 3 is 0.491 bits per heavy atom. The van der Waals surface area contributed by atoms with Gasteiger partial charge >= 0.3 is 0 Å². The summed E-state index contributed by atoms with van der Waals surface area (Å²) >= 11 is 0. The Hall–Kier alpha value is -2.44. The van der Waals surface area contributed by atoms with Gasteiger partial charge in [0.1, 0.15) is 45.4 Å². The predicted molar refractivity (Wildman–Crippen MR) is 225 cm³/mol. The fourth-order valence-electron chi connectivity index (χ4n) is 2.46. The van der Waals surface area contributed by atoms with E-state index in [-0.39, 0.29) is 72.4 Å². The zero-order valence-electron chi connectivity index (χ0n) is 39.9. The first kappa shape index (κ1) is 63.7. The molecule has 0 saturated heterocycles. The molecule has 4 N–H and O–H groups in total. The molecule has 0 saturated carbocycles. The Balaban J connectivity index is -0.000000210. The maximum absolute atomic E-state index is 11.6. The van der Waals surface area contributed by atoms with Gasteiger partial charge in [0.15, 0.2) is 23.1 Å². The van der Waals surface area contributed by atoms with Gasteiger partial charge in [-0.3, -0.25) is 19.2 Å². The molecule has 0 bridgehead atoms. The molecule has 0 aromatic heterocycles. The number of rotatable bonds is 12. The molecule has 13 heteroatoms. The zero-order valence-corrected chi connectivity index (χ0v) is 42.3. The second-order valence-corrected chi connectivity index (χ2v) is 19.4. The molecule has 57 heavy (non-hydrogen) atoms. The molecule has 0 amide bonds. The van der Waals surface area contributed by atoms with Gasteiger partial charge in [-0.15, -0.1) is 0 Å². The quantitative estimate of drug-likeness (QED) is 0.108. The minimum Gasteiger partial charge on any atom is -0.512 e. The molecule has 0 radical (unpaired) electrons. The summed E-state index contributed by atoms with van der Waals surface area (Å²) in [7, 11) is 5.89. The number of aliphatic hydroxyl groups is 4. The third-order valence-corrected chi connectivity index (χ3v) is 8.56. The van der Waals surface area contributed by atoms with E-state index in [2.05, 4.69) is 0 Å². The molecule has 332 valence electrons. The monoisotopic (exact) mass is 890 g/mol. The van der Waals surface area contributed by atoms with Crippen molar-refractivity contribution in [2.24, 2.45) is 21.7 Å². The van der Waals surface area contributed by atoms with Crippen LogP contribution in [0.25, 0.3) is 0 Å². The normalized spacial score (nSPS) is 14.0. The van der Waals surface area contributed by atoms with E-state index in [1.165, 1.54) is 52.7 Å². The van der Waals surface area contributed by atoms with Crippen LogP contribution >= 0.6 is 0 Å². The van der Waals surface area contributed by atoms with Gasteiger partial charge < -0.3 is 39.4 Å². The smallest absolute Gasteiger partial charge is 0.190 e. The van der Waals surface area contributed by atoms with Crippen LogP contribution < -0.4 is 0 Å². The largest absolute Gasteiger partial charge is 0.512 e. The Morgan fingerprint density at radius 2 is 0.421 bits per heavy atom. The number of hydrogen-bond acceptors (Lipinski definition) is 12. The number of hydrogen-bond donors (Lipinski definition) is 4. The summed E-state index contributed by atoms with van der Waals surface area (Å²) in [6, 6.07) is 0. The van der Waals surface area contributed by atoms with E-state index in [0.717, 1.165) is 0 Å². The van der Waals surface area contributed by atoms with Crippen LogP contribution in [0.15, 0.2) is 47.3 Å². The van der Waals surface area contributed by atoms with Gasteiger partial charge in [0.05, 0.1) is 0 Å². The summed E-state index contributed by atoms with van der Waals surface area (Å²) in [5.74, 6) is -0.611. The zero-order chi connectivity index (χ0) is 46.3. The van der Waals surface area contributed by atoms with Crippen LogP contribution in [-0.2, 0) is 64.3 Å². The summed E-state index contributed by atoms with van der Waals surface area (Å²) in [6.07, 6.45) is 4.96. The fraction of sp³-hybridized carbons (Fsp3) is 0.727. The van der Waals surface area contributed by atoms with Crippen LogP contribution in [0.2, 0.25) is 0 Å². The van der Waals surface area contributed by atoms with Crippen LogP contribution in [0.3, 0.4) is 0 Å². The standard InChI is InChI=1S/4C11H20O3.Zr/c4*1-10(2,3)8(12)7-9(13)11(4,5)14-6;/h4*7,12H,1-6H3;. The minimum absolute atomic E-state index is 0. The third-order valence-electron chi connectivity index (χ3n) is 8.56. The van der Waals surface area contributed by atoms with E-state index < -0.39 is 44.1 Å². The Bertz CT molecular complexity index is 1200. The van der Waals surface area contributed by atoms with E-state index in [9.17, 15) is 39.6 Å². The Morgan fingerprint density at radius 1 is 0.316 bits per heavy atom. The summed E-state index contributed by atoms with van der Waals surface area (Å²) in [6.45, 7) is 35.4. The average Bonchev–Trinajstić information content (AvgIpc) is 3.03. The molecule has 0 heterocycles. The molecule has 0 rings (SSSR count). The summed E-state index contributed by atoms with van der Waals surface area (Å²) in [5.41, 5.74) is -5.12. The molecular formula is C44H80O12Zr. The topological polar surface area (TPSA) is 186 Å². The first-order valence-electron chi connectivity index (χ1n) is 18.5. The molecule has 12 nitrogen and oxygen atoms in total. The molecule has 0 aromatic carbocycles. The van der Waals surface area contributed by atoms with Gasteiger partial charge in [0.2, 0.25) is 0 Å².